The fourth-order valence-electron chi connectivity index (χ4n) is 3.02. The van der Waals surface area contributed by atoms with Crippen LogP contribution >= 0.6 is 11.8 Å². The van der Waals surface area contributed by atoms with Crippen molar-refractivity contribution in [3.05, 3.63) is 0 Å². The molecule has 0 radical (unpaired) electrons. The monoisotopic (exact) mass is 429 g/mol. The minimum absolute atomic E-state index is 0.131. The van der Waals surface area contributed by atoms with E-state index in [1.165, 1.54) is 45.4 Å². The predicted molar refractivity (Wildman–Crippen MR) is 108 cm³/mol. The second kappa shape index (κ2) is 11.2. The van der Waals surface area contributed by atoms with Crippen LogP contribution in [-0.2, 0) is 33.3 Å². The zero-order chi connectivity index (χ0) is 21.4. The maximum atomic E-state index is 11.6. The zero-order valence-corrected chi connectivity index (χ0v) is 17.9. The molecule has 0 aromatic rings. The number of nitrogens with one attached hydrogen (secondary N) is 1. The number of carbonyl (C=O) groups excluding carboxylic acids is 3. The molecule has 1 N–H and O–H groups in total. The third kappa shape index (κ3) is 8.47. The Morgan fingerprint density at radius 3 is 2.38 bits per heavy atom. The number of rotatable bonds is 8. The van der Waals surface area contributed by atoms with Crippen LogP contribution in [-0.4, -0.2) is 66.7 Å². The molecule has 0 spiro atoms. The van der Waals surface area contributed by atoms with E-state index in [1.807, 2.05) is 0 Å². The van der Waals surface area contributed by atoms with E-state index in [-0.39, 0.29) is 13.0 Å². The molecule has 1 heterocycles. The molecule has 0 bridgehead atoms. The number of nitrogens with zero attached hydrogens (tertiary/aromatic N) is 1. The number of thioether (sulfide) groups is 1. The van der Waals surface area contributed by atoms with Crippen molar-refractivity contribution in [2.45, 2.75) is 70.2 Å². The zero-order valence-electron chi connectivity index (χ0n) is 17.0. The molecule has 2 fully saturated rings. The van der Waals surface area contributed by atoms with Gasteiger partial charge in [0, 0.05) is 39.0 Å². The van der Waals surface area contributed by atoms with Gasteiger partial charge in [0.15, 0.2) is 12.8 Å². The summed E-state index contributed by atoms with van der Waals surface area (Å²) in [6.07, 6.45) is 1.51. The minimum Gasteiger partial charge on any atom is -0.463 e. The van der Waals surface area contributed by atoms with Crippen molar-refractivity contribution in [1.82, 2.24) is 9.98 Å². The van der Waals surface area contributed by atoms with Crippen molar-refractivity contribution in [3.63, 3.8) is 0 Å². The Hall–Kier alpha value is -2.03. The summed E-state index contributed by atoms with van der Waals surface area (Å²) in [5, 5.41) is 3.85. The van der Waals surface area contributed by atoms with E-state index in [0.717, 1.165) is 18.9 Å². The van der Waals surface area contributed by atoms with Gasteiger partial charge in [0.05, 0.1) is 6.54 Å². The Labute approximate surface area is 174 Å². The first-order chi connectivity index (χ1) is 13.8. The molecule has 4 unspecified atom stereocenters. The lowest BCUT2D eigenvalue weighted by molar-refractivity contribution is -0.204. The minimum atomic E-state index is -0.879. The fraction of sp³-hybridized carbons (Fsp3) is 0.737. The normalized spacial score (nSPS) is 26.0. The third-order valence-electron chi connectivity index (χ3n) is 4.47. The standard InChI is InChI=1S/C19H28N2O7S/c1-11(22)25-10-16-18(27-13(3)24)15(26-12(2)23)9-17(28-16)29-19(20-4)21-8-7-14-5-6-14/h14-18H,4-10H2,1-3H3/p+1. The summed E-state index contributed by atoms with van der Waals surface area (Å²) in [6.45, 7) is 8.06. The van der Waals surface area contributed by atoms with Gasteiger partial charge in [0.25, 0.3) is 0 Å². The average molecular weight is 430 g/mol. The summed E-state index contributed by atoms with van der Waals surface area (Å²) in [5.41, 5.74) is -0.458. The van der Waals surface area contributed by atoms with Crippen LogP contribution in [0.5, 0.6) is 0 Å². The number of esters is 3. The predicted octanol–water partition coefficient (Wildman–Crippen LogP) is 0.775. The Kier molecular flexibility index (Phi) is 9.00. The van der Waals surface area contributed by atoms with E-state index in [2.05, 4.69) is 16.7 Å². The summed E-state index contributed by atoms with van der Waals surface area (Å²) < 4.78 is 25.8. The van der Waals surface area contributed by atoms with Gasteiger partial charge >= 0.3 is 23.1 Å². The highest BCUT2D eigenvalue weighted by Gasteiger charge is 2.45. The van der Waals surface area contributed by atoms with E-state index in [1.54, 1.807) is 0 Å². The van der Waals surface area contributed by atoms with Crippen LogP contribution < -0.4 is 9.98 Å². The molecule has 2 aliphatic rings. The van der Waals surface area contributed by atoms with Crippen molar-refractivity contribution >= 4 is 41.6 Å². The molecule has 1 aliphatic carbocycles. The van der Waals surface area contributed by atoms with Gasteiger partial charge in [-0.2, -0.15) is 0 Å². The number of hydrogen-bond acceptors (Lipinski definition) is 8. The second-order valence-electron chi connectivity index (χ2n) is 7.10. The summed E-state index contributed by atoms with van der Waals surface area (Å²) in [6, 6.07) is 0. The van der Waals surface area contributed by atoms with Crippen LogP contribution in [0, 0.1) is 5.92 Å². The SMILES string of the molecule is C=[N+]=C(NCCC1CC1)SC1CC(OC(C)=O)C(OC(C)=O)C(COC(C)=O)O1. The van der Waals surface area contributed by atoms with Crippen LogP contribution in [0.15, 0.2) is 0 Å². The number of carbonyl (C=O) groups is 3. The summed E-state index contributed by atoms with van der Waals surface area (Å²) in [7, 11) is 0. The molecule has 162 valence electrons. The fourth-order valence-corrected chi connectivity index (χ4v) is 4.01. The lowest BCUT2D eigenvalue weighted by atomic mass is 10.0. The van der Waals surface area contributed by atoms with Gasteiger partial charge in [-0.05, 0) is 12.3 Å². The maximum Gasteiger partial charge on any atom is 0.405 e. The first-order valence-electron chi connectivity index (χ1n) is 9.66. The van der Waals surface area contributed by atoms with Gasteiger partial charge in [-0.25, -0.2) is 4.67 Å². The smallest absolute Gasteiger partial charge is 0.405 e. The Morgan fingerprint density at radius 1 is 1.14 bits per heavy atom. The van der Waals surface area contributed by atoms with E-state index in [4.69, 9.17) is 18.9 Å². The van der Waals surface area contributed by atoms with Gasteiger partial charge in [-0.1, -0.05) is 12.8 Å². The molecule has 29 heavy (non-hydrogen) atoms. The van der Waals surface area contributed by atoms with Crippen molar-refractivity contribution in [1.29, 1.82) is 0 Å². The van der Waals surface area contributed by atoms with Crippen molar-refractivity contribution in [2.24, 2.45) is 5.92 Å². The lowest BCUT2D eigenvalue weighted by Gasteiger charge is -2.39. The molecule has 1 saturated carbocycles. The highest BCUT2D eigenvalue weighted by atomic mass is 32.2. The van der Waals surface area contributed by atoms with Crippen LogP contribution in [0.4, 0.5) is 0 Å². The summed E-state index contributed by atoms with van der Waals surface area (Å²) in [4.78, 5) is 34.4. The third-order valence-corrected chi connectivity index (χ3v) is 5.53. The van der Waals surface area contributed by atoms with E-state index in [0.29, 0.717) is 5.17 Å². The Balaban J connectivity index is 2.06. The highest BCUT2D eigenvalue weighted by Crippen LogP contribution is 2.33. The summed E-state index contributed by atoms with van der Waals surface area (Å²) >= 11 is 1.31. The molecular formula is C19H29N2O7S+. The molecule has 2 rings (SSSR count). The van der Waals surface area contributed by atoms with Crippen LogP contribution in [0.2, 0.25) is 0 Å². The van der Waals surface area contributed by atoms with E-state index >= 15 is 0 Å². The molecule has 9 nitrogen and oxygen atoms in total. The summed E-state index contributed by atoms with van der Waals surface area (Å²) in [5.74, 6) is -0.750. The molecule has 0 amide bonds. The first-order valence-corrected chi connectivity index (χ1v) is 10.5. The van der Waals surface area contributed by atoms with Crippen molar-refractivity contribution < 1.29 is 33.3 Å². The quantitative estimate of drug-likeness (QED) is 0.196. The molecule has 0 aromatic heterocycles. The van der Waals surface area contributed by atoms with Gasteiger partial charge in [-0.15, -0.1) is 0 Å². The van der Waals surface area contributed by atoms with Gasteiger partial charge in [-0.3, -0.25) is 19.7 Å². The Bertz CT molecular complexity index is 661. The van der Waals surface area contributed by atoms with Crippen molar-refractivity contribution in [3.8, 4) is 0 Å². The molecule has 10 heteroatoms. The van der Waals surface area contributed by atoms with Crippen molar-refractivity contribution in [2.75, 3.05) is 13.2 Å². The van der Waals surface area contributed by atoms with Gasteiger partial charge in [0.2, 0.25) is 0 Å². The Morgan fingerprint density at radius 2 is 1.83 bits per heavy atom. The second-order valence-corrected chi connectivity index (χ2v) is 8.25. The largest absolute Gasteiger partial charge is 0.463 e. The number of hydrogen-bond donors (Lipinski definition) is 1. The molecule has 0 aromatic carbocycles. The molecule has 1 saturated heterocycles. The van der Waals surface area contributed by atoms with Gasteiger partial charge < -0.3 is 18.9 Å². The highest BCUT2D eigenvalue weighted by molar-refractivity contribution is 8.14. The van der Waals surface area contributed by atoms with E-state index in [9.17, 15) is 14.4 Å². The van der Waals surface area contributed by atoms with Crippen LogP contribution in [0.25, 0.3) is 0 Å². The molecule has 4 atom stereocenters. The molecular weight excluding hydrogens is 400 g/mol. The lowest BCUT2D eigenvalue weighted by Crippen LogP contribution is -2.53. The number of amidine groups is 1. The maximum absolute atomic E-state index is 11.6. The van der Waals surface area contributed by atoms with Gasteiger partial charge in [0.1, 0.15) is 24.3 Å². The van der Waals surface area contributed by atoms with Crippen LogP contribution in [0.3, 0.4) is 0 Å². The average Bonchev–Trinajstić information content (AvgIpc) is 3.44. The number of ether oxygens (including phenoxy) is 4. The van der Waals surface area contributed by atoms with E-state index < -0.39 is 41.7 Å². The topological polar surface area (TPSA) is 114 Å². The molecule has 1 aliphatic heterocycles. The van der Waals surface area contributed by atoms with Crippen LogP contribution in [0.1, 0.15) is 46.5 Å². The first kappa shape index (κ1) is 23.3.